The van der Waals surface area contributed by atoms with E-state index in [0.29, 0.717) is 68.5 Å². The lowest BCUT2D eigenvalue weighted by Gasteiger charge is -2.50. The number of phenols is 2. The van der Waals surface area contributed by atoms with Crippen LogP contribution in [0.1, 0.15) is 180 Å². The summed E-state index contributed by atoms with van der Waals surface area (Å²) in [5.74, 6) is 9.53. The van der Waals surface area contributed by atoms with Gasteiger partial charge in [-0.1, -0.05) is 99.9 Å². The molecule has 0 amide bonds. The van der Waals surface area contributed by atoms with Gasteiger partial charge in [-0.2, -0.15) is 0 Å². The fourth-order valence-corrected chi connectivity index (χ4v) is 18.2. The number of fused-ring (bicyclic) bond motifs is 12. The molecule has 11 atom stereocenters. The maximum Gasteiger partial charge on any atom is 0.161 e. The van der Waals surface area contributed by atoms with Gasteiger partial charge in [-0.25, -0.2) is 0 Å². The molecule has 8 aliphatic rings. The molecule has 94 heavy (non-hydrogen) atoms. The van der Waals surface area contributed by atoms with Crippen LogP contribution in [0.2, 0.25) is 0 Å². The van der Waals surface area contributed by atoms with Crippen LogP contribution in [-0.2, 0) is 35.2 Å². The van der Waals surface area contributed by atoms with Crippen LogP contribution in [0.3, 0.4) is 0 Å². The Labute approximate surface area is 555 Å². The average molecular weight is 1280 g/mol. The molecule has 11 unspecified atom stereocenters. The molecule has 0 radical (unpaired) electrons. The van der Waals surface area contributed by atoms with Crippen molar-refractivity contribution in [1.29, 1.82) is 0 Å². The van der Waals surface area contributed by atoms with Gasteiger partial charge >= 0.3 is 0 Å². The topological polar surface area (TPSA) is 211 Å². The third-order valence-corrected chi connectivity index (χ3v) is 22.6. The number of aromatic nitrogens is 1. The van der Waals surface area contributed by atoms with E-state index >= 15 is 0 Å². The second-order valence-electron chi connectivity index (χ2n) is 29.6. The second kappa shape index (κ2) is 28.0. The summed E-state index contributed by atoms with van der Waals surface area (Å²) in [5, 5.41) is 73.8. The highest BCUT2D eigenvalue weighted by Gasteiger charge is 2.56. The van der Waals surface area contributed by atoms with Gasteiger partial charge in [0.05, 0.1) is 38.3 Å². The van der Waals surface area contributed by atoms with Crippen molar-refractivity contribution >= 4 is 17.0 Å². The number of aryl methyl sites for hydroxylation is 1. The minimum atomic E-state index is -1.31. The van der Waals surface area contributed by atoms with Crippen molar-refractivity contribution in [1.82, 2.24) is 26.3 Å². The Kier molecular flexibility index (Phi) is 19.3. The Hall–Kier alpha value is -6.42. The van der Waals surface area contributed by atoms with Crippen molar-refractivity contribution in [2.24, 2.45) is 17.3 Å². The zero-order valence-corrected chi connectivity index (χ0v) is 55.4. The molecule has 3 saturated carbocycles. The van der Waals surface area contributed by atoms with Crippen LogP contribution in [0.4, 0.5) is 0 Å². The highest BCUT2D eigenvalue weighted by Crippen LogP contribution is 2.62. The van der Waals surface area contributed by atoms with Crippen molar-refractivity contribution in [2.45, 2.75) is 202 Å². The predicted molar refractivity (Wildman–Crippen MR) is 367 cm³/mol. The first-order chi connectivity index (χ1) is 45.8. The first kappa shape index (κ1) is 64.9. The van der Waals surface area contributed by atoms with Gasteiger partial charge in [0.15, 0.2) is 17.6 Å². The lowest BCUT2D eigenvalue weighted by molar-refractivity contribution is -0.145. The number of nitrogens with one attached hydrogen (secondary N) is 5. The molecule has 4 heterocycles. The number of ether oxygens (including phenoxy) is 5. The molecule has 10 N–H and O–H groups in total. The monoisotopic (exact) mass is 1280 g/mol. The molecular formula is C79H99N5O10. The van der Waals surface area contributed by atoms with Gasteiger partial charge in [0.2, 0.25) is 0 Å². The minimum absolute atomic E-state index is 0.0660. The second-order valence-corrected chi connectivity index (χ2v) is 29.6. The molecule has 3 fully saturated rings. The van der Waals surface area contributed by atoms with Gasteiger partial charge in [-0.3, -0.25) is 10.6 Å². The Balaban J connectivity index is 0.903. The Morgan fingerprint density at radius 1 is 0.809 bits per heavy atom. The van der Waals surface area contributed by atoms with E-state index in [0.717, 1.165) is 101 Å². The summed E-state index contributed by atoms with van der Waals surface area (Å²) in [5.41, 5.74) is 10.2. The van der Waals surface area contributed by atoms with Crippen molar-refractivity contribution in [3.8, 4) is 51.7 Å². The minimum Gasteiger partial charge on any atom is -0.507 e. The van der Waals surface area contributed by atoms with Gasteiger partial charge in [-0.05, 0) is 207 Å². The van der Waals surface area contributed by atoms with Crippen LogP contribution in [-0.4, -0.2) is 125 Å². The lowest BCUT2D eigenvalue weighted by atomic mass is 9.62. The molecule has 15 heteroatoms. The number of aromatic hydroxyl groups is 2. The number of benzene rings is 5. The van der Waals surface area contributed by atoms with E-state index in [2.05, 4.69) is 119 Å². The van der Waals surface area contributed by atoms with Crippen molar-refractivity contribution in [3.63, 3.8) is 0 Å². The van der Waals surface area contributed by atoms with Gasteiger partial charge in [0.1, 0.15) is 41.1 Å². The Morgan fingerprint density at radius 3 is 2.46 bits per heavy atom. The molecular weight excluding hydrogens is 1180 g/mol. The zero-order valence-electron chi connectivity index (χ0n) is 55.4. The summed E-state index contributed by atoms with van der Waals surface area (Å²) >= 11 is 0. The van der Waals surface area contributed by atoms with E-state index in [-0.39, 0.29) is 79.5 Å². The number of aromatic amines is 1. The van der Waals surface area contributed by atoms with Crippen LogP contribution in [0.5, 0.6) is 28.7 Å². The van der Waals surface area contributed by atoms with Gasteiger partial charge in [0.25, 0.3) is 0 Å². The fourth-order valence-electron chi connectivity index (χ4n) is 18.2. The molecule has 6 aromatic rings. The largest absolute Gasteiger partial charge is 0.507 e. The van der Waals surface area contributed by atoms with E-state index in [1.54, 1.807) is 6.07 Å². The van der Waals surface area contributed by atoms with E-state index in [9.17, 15) is 25.5 Å². The number of hydrogen-bond acceptors (Lipinski definition) is 14. The number of rotatable bonds is 23. The maximum absolute atomic E-state index is 12.2. The first-order valence-corrected chi connectivity index (χ1v) is 35.6. The maximum atomic E-state index is 12.2. The van der Waals surface area contributed by atoms with Gasteiger partial charge < -0.3 is 64.8 Å². The summed E-state index contributed by atoms with van der Waals surface area (Å²) in [7, 11) is 0. The lowest BCUT2D eigenvalue weighted by Crippen LogP contribution is -2.62. The molecule has 3 aliphatic heterocycles. The molecule has 2 bridgehead atoms. The number of aliphatic hydroxyl groups is 3. The molecule has 0 saturated heterocycles. The summed E-state index contributed by atoms with van der Waals surface area (Å²) in [6.07, 6.45) is 20.3. The third-order valence-electron chi connectivity index (χ3n) is 22.6. The summed E-state index contributed by atoms with van der Waals surface area (Å²) in [4.78, 5) is 3.44. The number of hydrogen-bond donors (Lipinski definition) is 10. The number of aliphatic hydroxyl groups excluding tert-OH is 2. The van der Waals surface area contributed by atoms with E-state index in [4.69, 9.17) is 23.7 Å². The number of H-pyrrole nitrogens is 1. The fraction of sp³-hybridized carbons (Fsp3) is 0.544. The van der Waals surface area contributed by atoms with Crippen molar-refractivity contribution in [2.75, 3.05) is 52.9 Å². The molecule has 1 aromatic heterocycles. The Bertz CT molecular complexity index is 3750. The molecule has 5 aliphatic carbocycles. The van der Waals surface area contributed by atoms with E-state index in [1.807, 2.05) is 31.3 Å². The van der Waals surface area contributed by atoms with Crippen LogP contribution < -0.4 is 35.5 Å². The molecule has 15 nitrogen and oxygen atoms in total. The van der Waals surface area contributed by atoms with E-state index in [1.165, 1.54) is 68.1 Å². The first-order valence-electron chi connectivity index (χ1n) is 35.6. The van der Waals surface area contributed by atoms with Gasteiger partial charge in [-0.15, -0.1) is 0 Å². The van der Waals surface area contributed by atoms with Crippen LogP contribution in [0.25, 0.3) is 28.1 Å². The SMILES string of the molecule is CC(C)CC(C)(O)CNCNC1C#CCC(CO)Oc2cc(ccc2O)C2Oc3c(c4c(c5c3CCC(CO)O5)-c3ccc(O)c5c3C(C4)C(c3ccc4[nH]ccc4c3)C(CNCCCc3ccccc3)=C5)CC12OCNC1CCCC2(CCCC2COC2CCCC2)C1. The smallest absolute Gasteiger partial charge is 0.161 e. The van der Waals surface area contributed by atoms with Crippen LogP contribution >= 0.6 is 0 Å². The quantitative estimate of drug-likeness (QED) is 0.0164. The standard InChI is InChI=1S/C79H99N5O10/c1-49(2)39-77(3,89)46-81-47-83-70-21-9-20-58(43-85)92-69-37-53(23-28-68(69)88)76-79(70,91-48-84-56-17-11-32-78(40-56)31-10-16-55(78)45-90-57-18-7-8-19-57)41-65-62-38-64-71(52-22-27-66-51(35-52)30-34-82-66)54(42-80-33-12-15-50-13-5-4-6-14-50)36-63-67(87)29-26-60(72(63)64)73(62)75-61(74(65)94-76)25-24-59(44-86)93-75/h4-6,13-14,22-23,26-30,34-37,49,55-59,64,70-71,76,80-89H,7-8,10-12,15-20,24-25,31-33,38-48H2,1-3H3. The van der Waals surface area contributed by atoms with E-state index < -0.39 is 35.6 Å². The highest BCUT2D eigenvalue weighted by atomic mass is 16.6. The normalized spacial score (nSPS) is 27.5. The third kappa shape index (κ3) is 13.2. The van der Waals surface area contributed by atoms with Crippen LogP contribution in [0, 0.1) is 29.1 Å². The molecule has 5 aromatic carbocycles. The molecule has 1 spiro atoms. The van der Waals surface area contributed by atoms with Crippen LogP contribution in [0.15, 0.2) is 96.7 Å². The predicted octanol–water partition coefficient (Wildman–Crippen LogP) is 12.1. The number of phenolic OH excluding ortho intramolecular Hbond substituents is 2. The Morgan fingerprint density at radius 2 is 1.63 bits per heavy atom. The highest BCUT2D eigenvalue weighted by molar-refractivity contribution is 5.90. The van der Waals surface area contributed by atoms with Crippen molar-refractivity contribution < 1.29 is 49.2 Å². The average Bonchev–Trinajstić information content (AvgIpc) is 1.03. The van der Waals surface area contributed by atoms with Gasteiger partial charge in [0, 0.05) is 78.5 Å². The summed E-state index contributed by atoms with van der Waals surface area (Å²) in [6, 6.07) is 28.4. The summed E-state index contributed by atoms with van der Waals surface area (Å²) in [6.45, 7) is 8.72. The summed E-state index contributed by atoms with van der Waals surface area (Å²) < 4.78 is 36.2. The molecule has 14 rings (SSSR count). The molecule has 500 valence electrons. The van der Waals surface area contributed by atoms with Crippen molar-refractivity contribution in [3.05, 3.63) is 141 Å². The zero-order chi connectivity index (χ0) is 64.6.